The van der Waals surface area contributed by atoms with Crippen LogP contribution in [0, 0.1) is 0 Å². The van der Waals surface area contributed by atoms with Gasteiger partial charge in [-0.15, -0.1) is 0 Å². The third kappa shape index (κ3) is 5.01. The molecule has 0 atom stereocenters. The standard InChI is InChI=1S/C21H18Cl3NO2/c1-26-20-10-14(12-25-15-6-3-2-4-7-15)19(24)11-21(20)27-13-16-17(22)8-5-9-18(16)23/h2-11,25H,12-13H2,1H3. The van der Waals surface area contributed by atoms with E-state index in [2.05, 4.69) is 5.32 Å². The van der Waals surface area contributed by atoms with Gasteiger partial charge in [-0.3, -0.25) is 0 Å². The third-order valence-electron chi connectivity index (χ3n) is 4.02. The summed E-state index contributed by atoms with van der Waals surface area (Å²) < 4.78 is 11.3. The fourth-order valence-corrected chi connectivity index (χ4v) is 3.29. The molecule has 3 nitrogen and oxygen atoms in total. The summed E-state index contributed by atoms with van der Waals surface area (Å²) in [5, 5.41) is 5.02. The molecule has 140 valence electrons. The fraction of sp³-hybridized carbons (Fsp3) is 0.143. The van der Waals surface area contributed by atoms with Crippen molar-refractivity contribution in [3.05, 3.63) is 86.9 Å². The van der Waals surface area contributed by atoms with Crippen LogP contribution in [0.1, 0.15) is 11.1 Å². The van der Waals surface area contributed by atoms with Crippen LogP contribution in [-0.4, -0.2) is 7.11 Å². The Morgan fingerprint density at radius 2 is 1.52 bits per heavy atom. The maximum atomic E-state index is 6.44. The first kappa shape index (κ1) is 19.7. The van der Waals surface area contributed by atoms with Crippen LogP contribution in [0.15, 0.2) is 60.7 Å². The quantitative estimate of drug-likeness (QED) is 0.452. The molecule has 0 aliphatic heterocycles. The average molecular weight is 423 g/mol. The number of nitrogens with one attached hydrogen (secondary N) is 1. The van der Waals surface area contributed by atoms with Crippen molar-refractivity contribution in [2.75, 3.05) is 12.4 Å². The van der Waals surface area contributed by atoms with Crippen molar-refractivity contribution in [2.24, 2.45) is 0 Å². The number of anilines is 1. The number of rotatable bonds is 7. The van der Waals surface area contributed by atoms with Crippen LogP contribution in [-0.2, 0) is 13.2 Å². The van der Waals surface area contributed by atoms with E-state index in [1.807, 2.05) is 36.4 Å². The van der Waals surface area contributed by atoms with E-state index in [4.69, 9.17) is 44.3 Å². The molecule has 0 spiro atoms. The van der Waals surface area contributed by atoms with Gasteiger partial charge in [0.15, 0.2) is 11.5 Å². The molecule has 27 heavy (non-hydrogen) atoms. The van der Waals surface area contributed by atoms with Gasteiger partial charge in [0.1, 0.15) is 6.61 Å². The van der Waals surface area contributed by atoms with Crippen LogP contribution in [0.25, 0.3) is 0 Å². The molecule has 0 aromatic heterocycles. The number of ether oxygens (including phenoxy) is 2. The zero-order chi connectivity index (χ0) is 19.2. The first-order valence-electron chi connectivity index (χ1n) is 8.29. The fourth-order valence-electron chi connectivity index (χ4n) is 2.56. The number of para-hydroxylation sites is 1. The summed E-state index contributed by atoms with van der Waals surface area (Å²) in [6.45, 7) is 0.780. The topological polar surface area (TPSA) is 30.5 Å². The number of hydrogen-bond donors (Lipinski definition) is 1. The normalized spacial score (nSPS) is 10.5. The summed E-state index contributed by atoms with van der Waals surface area (Å²) in [6, 6.07) is 18.9. The van der Waals surface area contributed by atoms with Gasteiger partial charge in [-0.25, -0.2) is 0 Å². The van der Waals surface area contributed by atoms with E-state index in [0.717, 1.165) is 11.3 Å². The smallest absolute Gasteiger partial charge is 0.163 e. The largest absolute Gasteiger partial charge is 0.493 e. The second kappa shape index (κ2) is 9.23. The molecule has 0 saturated heterocycles. The monoisotopic (exact) mass is 421 g/mol. The van der Waals surface area contributed by atoms with Crippen molar-refractivity contribution >= 4 is 40.5 Å². The minimum Gasteiger partial charge on any atom is -0.493 e. The Balaban J connectivity index is 1.75. The van der Waals surface area contributed by atoms with Gasteiger partial charge >= 0.3 is 0 Å². The Kier molecular flexibility index (Phi) is 6.73. The second-order valence-corrected chi connectivity index (χ2v) is 7.02. The molecular weight excluding hydrogens is 405 g/mol. The maximum absolute atomic E-state index is 6.44. The van der Waals surface area contributed by atoms with E-state index in [1.54, 1.807) is 31.4 Å². The molecule has 0 aliphatic rings. The molecule has 0 heterocycles. The summed E-state index contributed by atoms with van der Waals surface area (Å²) in [5.74, 6) is 1.12. The summed E-state index contributed by atoms with van der Waals surface area (Å²) in [4.78, 5) is 0. The molecule has 0 fully saturated rings. The summed E-state index contributed by atoms with van der Waals surface area (Å²) in [5.41, 5.74) is 2.63. The molecule has 3 aromatic rings. The van der Waals surface area contributed by atoms with Crippen molar-refractivity contribution in [2.45, 2.75) is 13.2 Å². The van der Waals surface area contributed by atoms with Gasteiger partial charge in [0.2, 0.25) is 0 Å². The van der Waals surface area contributed by atoms with Crippen molar-refractivity contribution in [3.8, 4) is 11.5 Å². The summed E-state index contributed by atoms with van der Waals surface area (Å²) >= 11 is 18.8. The highest BCUT2D eigenvalue weighted by Gasteiger charge is 2.13. The lowest BCUT2D eigenvalue weighted by atomic mass is 10.2. The van der Waals surface area contributed by atoms with Gasteiger partial charge in [-0.1, -0.05) is 59.1 Å². The van der Waals surface area contributed by atoms with E-state index in [9.17, 15) is 0 Å². The van der Waals surface area contributed by atoms with Gasteiger partial charge in [0.25, 0.3) is 0 Å². The average Bonchev–Trinajstić information content (AvgIpc) is 2.67. The van der Waals surface area contributed by atoms with E-state index in [1.165, 1.54) is 0 Å². The van der Waals surface area contributed by atoms with Crippen molar-refractivity contribution in [3.63, 3.8) is 0 Å². The molecule has 0 amide bonds. The lowest BCUT2D eigenvalue weighted by molar-refractivity contribution is 0.284. The molecule has 0 unspecified atom stereocenters. The van der Waals surface area contributed by atoms with Crippen molar-refractivity contribution in [1.29, 1.82) is 0 Å². The van der Waals surface area contributed by atoms with E-state index < -0.39 is 0 Å². The zero-order valence-electron chi connectivity index (χ0n) is 14.6. The molecule has 3 rings (SSSR count). The predicted octanol–water partition coefficient (Wildman–Crippen LogP) is 6.85. The molecule has 3 aromatic carbocycles. The molecule has 0 bridgehead atoms. The zero-order valence-corrected chi connectivity index (χ0v) is 16.9. The predicted molar refractivity (Wildman–Crippen MR) is 113 cm³/mol. The van der Waals surface area contributed by atoms with Crippen molar-refractivity contribution < 1.29 is 9.47 Å². The highest BCUT2D eigenvalue weighted by molar-refractivity contribution is 6.36. The molecule has 0 radical (unpaired) electrons. The SMILES string of the molecule is COc1cc(CNc2ccccc2)c(Cl)cc1OCc1c(Cl)cccc1Cl. The van der Waals surface area contributed by atoms with Crippen LogP contribution in [0.2, 0.25) is 15.1 Å². The van der Waals surface area contributed by atoms with Gasteiger partial charge in [-0.2, -0.15) is 0 Å². The number of methoxy groups -OCH3 is 1. The van der Waals surface area contributed by atoms with Crippen LogP contribution >= 0.6 is 34.8 Å². The maximum Gasteiger partial charge on any atom is 0.163 e. The molecule has 0 aliphatic carbocycles. The lowest BCUT2D eigenvalue weighted by Crippen LogP contribution is -2.03. The first-order valence-corrected chi connectivity index (χ1v) is 9.43. The van der Waals surface area contributed by atoms with E-state index >= 15 is 0 Å². The third-order valence-corrected chi connectivity index (χ3v) is 5.08. The van der Waals surface area contributed by atoms with Gasteiger partial charge in [0, 0.05) is 38.9 Å². The highest BCUT2D eigenvalue weighted by Crippen LogP contribution is 2.35. The first-order chi connectivity index (χ1) is 13.1. The minimum atomic E-state index is 0.215. The second-order valence-electron chi connectivity index (χ2n) is 5.80. The van der Waals surface area contributed by atoms with Crippen LogP contribution < -0.4 is 14.8 Å². The highest BCUT2D eigenvalue weighted by atomic mass is 35.5. The Hall–Kier alpha value is -2.07. The Morgan fingerprint density at radius 1 is 0.815 bits per heavy atom. The van der Waals surface area contributed by atoms with Crippen LogP contribution in [0.4, 0.5) is 5.69 Å². The minimum absolute atomic E-state index is 0.215. The molecule has 6 heteroatoms. The van der Waals surface area contributed by atoms with Gasteiger partial charge in [0.05, 0.1) is 7.11 Å². The molecular formula is C21H18Cl3NO2. The van der Waals surface area contributed by atoms with E-state index in [0.29, 0.717) is 38.7 Å². The number of hydrogen-bond acceptors (Lipinski definition) is 3. The molecule has 0 saturated carbocycles. The van der Waals surface area contributed by atoms with Gasteiger partial charge < -0.3 is 14.8 Å². The lowest BCUT2D eigenvalue weighted by Gasteiger charge is -2.15. The Morgan fingerprint density at radius 3 is 2.19 bits per heavy atom. The van der Waals surface area contributed by atoms with E-state index in [-0.39, 0.29) is 6.61 Å². The summed E-state index contributed by atoms with van der Waals surface area (Å²) in [6.07, 6.45) is 0. The Labute approximate surface area is 173 Å². The Bertz CT molecular complexity index is 897. The number of benzene rings is 3. The van der Waals surface area contributed by atoms with Crippen molar-refractivity contribution in [1.82, 2.24) is 0 Å². The van der Waals surface area contributed by atoms with Gasteiger partial charge in [-0.05, 0) is 35.9 Å². The summed E-state index contributed by atoms with van der Waals surface area (Å²) in [7, 11) is 1.59. The number of halogens is 3. The van der Waals surface area contributed by atoms with Crippen LogP contribution in [0.5, 0.6) is 11.5 Å². The molecule has 1 N–H and O–H groups in total. The van der Waals surface area contributed by atoms with Crippen LogP contribution in [0.3, 0.4) is 0 Å².